The molecule has 2 aliphatic rings. The Balaban J connectivity index is 1.49. The molecule has 0 spiro atoms. The summed E-state index contributed by atoms with van der Waals surface area (Å²) < 4.78 is 0. The van der Waals surface area contributed by atoms with Crippen molar-refractivity contribution in [3.63, 3.8) is 0 Å². The van der Waals surface area contributed by atoms with Gasteiger partial charge in [0.25, 0.3) is 0 Å². The molecule has 2 saturated carbocycles. The molecule has 0 heterocycles. The van der Waals surface area contributed by atoms with Crippen molar-refractivity contribution < 1.29 is 4.79 Å². The molecule has 3 nitrogen and oxygen atoms in total. The summed E-state index contributed by atoms with van der Waals surface area (Å²) in [6.45, 7) is 0. The molecule has 2 fully saturated rings. The van der Waals surface area contributed by atoms with Crippen molar-refractivity contribution in [1.82, 2.24) is 9.80 Å². The Morgan fingerprint density at radius 2 is 1.71 bits per heavy atom. The predicted molar refractivity (Wildman–Crippen MR) is 99.3 cm³/mol. The molecule has 4 atom stereocenters. The number of hydrogen-bond acceptors (Lipinski definition) is 2. The number of carbonyl (C=O) groups is 1. The normalized spacial score (nSPS) is 29.0. The van der Waals surface area contributed by atoms with E-state index in [1.807, 2.05) is 36.2 Å². The van der Waals surface area contributed by atoms with Crippen LogP contribution in [0.4, 0.5) is 0 Å². The van der Waals surface area contributed by atoms with E-state index in [-0.39, 0.29) is 5.91 Å². The molecular weight excluding hydrogens is 320 g/mol. The van der Waals surface area contributed by atoms with Crippen LogP contribution in [-0.4, -0.2) is 48.9 Å². The summed E-state index contributed by atoms with van der Waals surface area (Å²) in [6, 6.07) is 9.00. The first-order chi connectivity index (χ1) is 11.4. The molecule has 4 heteroatoms. The third-order valence-electron chi connectivity index (χ3n) is 6.15. The maximum Gasteiger partial charge on any atom is 0.222 e. The first-order valence-electron chi connectivity index (χ1n) is 9.10. The van der Waals surface area contributed by atoms with Crippen LogP contribution >= 0.6 is 11.6 Å². The number of rotatable bonds is 5. The fourth-order valence-corrected chi connectivity index (χ4v) is 4.83. The Bertz CT molecular complexity index is 575. The first kappa shape index (κ1) is 17.8. The Morgan fingerprint density at radius 1 is 1.08 bits per heavy atom. The van der Waals surface area contributed by atoms with Gasteiger partial charge in [-0.25, -0.2) is 0 Å². The maximum absolute atomic E-state index is 12.6. The SMILES string of the molecule is CN(C)C1C[C@@H]2CC(N(C)C(=O)CCc3cccc(Cl)c3)C[C@@H]2C1. The number of carbonyl (C=O) groups excluding carboxylic acids is 1. The number of amides is 1. The van der Waals surface area contributed by atoms with Crippen LogP contribution in [0.1, 0.15) is 37.7 Å². The van der Waals surface area contributed by atoms with Crippen molar-refractivity contribution in [2.45, 2.75) is 50.6 Å². The zero-order valence-electron chi connectivity index (χ0n) is 15.0. The fraction of sp³-hybridized carbons (Fsp3) is 0.650. The van der Waals surface area contributed by atoms with Gasteiger partial charge in [0.15, 0.2) is 0 Å². The van der Waals surface area contributed by atoms with E-state index in [0.29, 0.717) is 12.5 Å². The molecule has 0 saturated heterocycles. The van der Waals surface area contributed by atoms with E-state index in [4.69, 9.17) is 11.6 Å². The largest absolute Gasteiger partial charge is 0.343 e. The van der Waals surface area contributed by atoms with Crippen LogP contribution in [0.5, 0.6) is 0 Å². The van der Waals surface area contributed by atoms with Gasteiger partial charge >= 0.3 is 0 Å². The van der Waals surface area contributed by atoms with Gasteiger partial charge in [0, 0.05) is 30.6 Å². The first-order valence-corrected chi connectivity index (χ1v) is 9.48. The lowest BCUT2D eigenvalue weighted by atomic mass is 10.0. The quantitative estimate of drug-likeness (QED) is 0.807. The number of hydrogen-bond donors (Lipinski definition) is 0. The highest BCUT2D eigenvalue weighted by Crippen LogP contribution is 2.46. The number of fused-ring (bicyclic) bond motifs is 1. The van der Waals surface area contributed by atoms with Crippen LogP contribution in [0.3, 0.4) is 0 Å². The highest BCUT2D eigenvalue weighted by molar-refractivity contribution is 6.30. The second-order valence-corrected chi connectivity index (χ2v) is 8.31. The minimum Gasteiger partial charge on any atom is -0.343 e. The molecular formula is C20H29ClN2O. The van der Waals surface area contributed by atoms with Gasteiger partial charge in [0.2, 0.25) is 5.91 Å². The van der Waals surface area contributed by atoms with E-state index in [1.165, 1.54) is 25.7 Å². The summed E-state index contributed by atoms with van der Waals surface area (Å²) >= 11 is 6.02. The molecule has 2 aliphatic carbocycles. The van der Waals surface area contributed by atoms with Gasteiger partial charge < -0.3 is 9.80 Å². The summed E-state index contributed by atoms with van der Waals surface area (Å²) in [6.07, 6.45) is 6.33. The van der Waals surface area contributed by atoms with Crippen LogP contribution in [-0.2, 0) is 11.2 Å². The second kappa shape index (κ2) is 7.45. The van der Waals surface area contributed by atoms with Gasteiger partial charge in [-0.05, 0) is 75.7 Å². The average Bonchev–Trinajstić information content (AvgIpc) is 3.10. The Kier molecular flexibility index (Phi) is 5.51. The molecule has 3 rings (SSSR count). The Morgan fingerprint density at radius 3 is 2.29 bits per heavy atom. The Labute approximate surface area is 151 Å². The van der Waals surface area contributed by atoms with Gasteiger partial charge in [-0.2, -0.15) is 0 Å². The maximum atomic E-state index is 12.6. The topological polar surface area (TPSA) is 23.6 Å². The molecule has 132 valence electrons. The average molecular weight is 349 g/mol. The molecule has 2 unspecified atom stereocenters. The lowest BCUT2D eigenvalue weighted by molar-refractivity contribution is -0.131. The summed E-state index contributed by atoms with van der Waals surface area (Å²) in [5.74, 6) is 1.89. The summed E-state index contributed by atoms with van der Waals surface area (Å²) in [5, 5.41) is 0.743. The van der Waals surface area contributed by atoms with E-state index in [0.717, 1.165) is 34.9 Å². The van der Waals surface area contributed by atoms with Crippen molar-refractivity contribution in [2.75, 3.05) is 21.1 Å². The number of benzene rings is 1. The van der Waals surface area contributed by atoms with Crippen molar-refractivity contribution >= 4 is 17.5 Å². The molecule has 1 aromatic carbocycles. The standard InChI is InChI=1S/C20H29ClN2O/c1-22(2)18-10-15-12-19(13-16(15)11-18)23(3)20(24)8-7-14-5-4-6-17(21)9-14/h4-6,9,15-16,18-19H,7-8,10-13H2,1-3H3/t15-,16+,18?,19?. The molecule has 0 aliphatic heterocycles. The molecule has 24 heavy (non-hydrogen) atoms. The van der Waals surface area contributed by atoms with E-state index < -0.39 is 0 Å². The van der Waals surface area contributed by atoms with Crippen molar-refractivity contribution in [3.8, 4) is 0 Å². The lowest BCUT2D eigenvalue weighted by Crippen LogP contribution is -2.36. The van der Waals surface area contributed by atoms with Gasteiger partial charge in [0.05, 0.1) is 0 Å². The number of nitrogens with zero attached hydrogens (tertiary/aromatic N) is 2. The van der Waals surface area contributed by atoms with Crippen LogP contribution in [0.2, 0.25) is 5.02 Å². The highest BCUT2D eigenvalue weighted by atomic mass is 35.5. The van der Waals surface area contributed by atoms with Crippen LogP contribution in [0.15, 0.2) is 24.3 Å². The zero-order valence-corrected chi connectivity index (χ0v) is 15.8. The third kappa shape index (κ3) is 3.94. The molecule has 0 radical (unpaired) electrons. The van der Waals surface area contributed by atoms with Gasteiger partial charge in [-0.15, -0.1) is 0 Å². The van der Waals surface area contributed by atoms with Crippen LogP contribution in [0, 0.1) is 11.8 Å². The van der Waals surface area contributed by atoms with E-state index >= 15 is 0 Å². The van der Waals surface area contributed by atoms with Crippen molar-refractivity contribution in [3.05, 3.63) is 34.9 Å². The van der Waals surface area contributed by atoms with Crippen LogP contribution < -0.4 is 0 Å². The van der Waals surface area contributed by atoms with Gasteiger partial charge in [-0.3, -0.25) is 4.79 Å². The summed E-state index contributed by atoms with van der Waals surface area (Å²) in [7, 11) is 6.37. The minimum atomic E-state index is 0.268. The molecule has 0 N–H and O–H groups in total. The number of aryl methyl sites for hydroxylation is 1. The fourth-order valence-electron chi connectivity index (χ4n) is 4.61. The summed E-state index contributed by atoms with van der Waals surface area (Å²) in [5.41, 5.74) is 1.14. The van der Waals surface area contributed by atoms with Crippen LogP contribution in [0.25, 0.3) is 0 Å². The molecule has 1 aromatic rings. The van der Waals surface area contributed by atoms with E-state index in [1.54, 1.807) is 0 Å². The molecule has 1 amide bonds. The van der Waals surface area contributed by atoms with E-state index in [9.17, 15) is 4.79 Å². The van der Waals surface area contributed by atoms with Gasteiger partial charge in [0.1, 0.15) is 0 Å². The second-order valence-electron chi connectivity index (χ2n) is 7.87. The van der Waals surface area contributed by atoms with Gasteiger partial charge in [-0.1, -0.05) is 23.7 Å². The Hall–Kier alpha value is -1.06. The van der Waals surface area contributed by atoms with E-state index in [2.05, 4.69) is 19.0 Å². The zero-order chi connectivity index (χ0) is 17.3. The smallest absolute Gasteiger partial charge is 0.222 e. The summed E-state index contributed by atoms with van der Waals surface area (Å²) in [4.78, 5) is 17.0. The van der Waals surface area contributed by atoms with Crippen molar-refractivity contribution in [1.29, 1.82) is 0 Å². The minimum absolute atomic E-state index is 0.268. The molecule has 0 aromatic heterocycles. The highest BCUT2D eigenvalue weighted by Gasteiger charge is 2.43. The predicted octanol–water partition coefficient (Wildman–Crippen LogP) is 3.85. The molecule has 0 bridgehead atoms. The number of halogens is 1. The van der Waals surface area contributed by atoms with Crippen molar-refractivity contribution in [2.24, 2.45) is 11.8 Å². The third-order valence-corrected chi connectivity index (χ3v) is 6.39. The lowest BCUT2D eigenvalue weighted by Gasteiger charge is -2.27. The monoisotopic (exact) mass is 348 g/mol.